The van der Waals surface area contributed by atoms with Gasteiger partial charge < -0.3 is 5.21 Å². The Kier molecular flexibility index (Phi) is 2.89. The summed E-state index contributed by atoms with van der Waals surface area (Å²) in [4.78, 5) is 0. The largest absolute Gasteiger partial charge is 0.411 e. The molecule has 2 rings (SSSR count). The molecule has 2 atom stereocenters. The van der Waals surface area contributed by atoms with Gasteiger partial charge in [0.1, 0.15) is 0 Å². The maximum atomic E-state index is 8.67. The number of benzene rings is 1. The number of hydrogen-bond donors (Lipinski definition) is 1. The molecule has 1 fully saturated rings. The van der Waals surface area contributed by atoms with Crippen LogP contribution in [-0.2, 0) is 0 Å². The van der Waals surface area contributed by atoms with Crippen LogP contribution in [0.15, 0.2) is 23.4 Å². The monoisotopic (exact) mass is 243 g/mol. The van der Waals surface area contributed by atoms with E-state index in [9.17, 15) is 0 Å². The third kappa shape index (κ3) is 1.97. The second-order valence-electron chi connectivity index (χ2n) is 3.83. The number of rotatable bonds is 2. The van der Waals surface area contributed by atoms with Crippen LogP contribution < -0.4 is 0 Å². The minimum absolute atomic E-state index is 0.285. The molecule has 0 aromatic heterocycles. The van der Waals surface area contributed by atoms with E-state index in [1.807, 2.05) is 25.1 Å². The third-order valence-corrected chi connectivity index (χ3v) is 3.51. The lowest BCUT2D eigenvalue weighted by Gasteiger charge is -2.05. The summed E-state index contributed by atoms with van der Waals surface area (Å²) in [6.07, 6.45) is 0.958. The molecule has 1 N–H and O–H groups in total. The minimum atomic E-state index is 0.285. The molecule has 2 unspecified atom stereocenters. The Bertz CT molecular complexity index is 397. The van der Waals surface area contributed by atoms with Crippen molar-refractivity contribution in [2.24, 2.45) is 11.1 Å². The first-order valence-corrected chi connectivity index (χ1v) is 5.53. The lowest BCUT2D eigenvalue weighted by atomic mass is 10.1. The first-order chi connectivity index (χ1) is 7.15. The van der Waals surface area contributed by atoms with E-state index < -0.39 is 0 Å². The molecule has 1 aliphatic rings. The first-order valence-electron chi connectivity index (χ1n) is 4.77. The van der Waals surface area contributed by atoms with Crippen molar-refractivity contribution in [3.05, 3.63) is 33.8 Å². The summed E-state index contributed by atoms with van der Waals surface area (Å²) in [5, 5.41) is 13.3. The summed E-state index contributed by atoms with van der Waals surface area (Å²) in [6.45, 7) is 1.81. The minimum Gasteiger partial charge on any atom is -0.411 e. The zero-order valence-electron chi connectivity index (χ0n) is 8.24. The Hall–Kier alpha value is -0.730. The molecule has 0 radical (unpaired) electrons. The van der Waals surface area contributed by atoms with E-state index in [1.54, 1.807) is 0 Å². The maximum absolute atomic E-state index is 8.67. The average molecular weight is 244 g/mol. The molecule has 0 saturated heterocycles. The second kappa shape index (κ2) is 4.03. The van der Waals surface area contributed by atoms with Gasteiger partial charge in [-0.15, -0.1) is 0 Å². The molecule has 0 bridgehead atoms. The van der Waals surface area contributed by atoms with Crippen molar-refractivity contribution >= 4 is 28.9 Å². The van der Waals surface area contributed by atoms with Crippen molar-refractivity contribution in [2.45, 2.75) is 19.3 Å². The molecule has 4 heteroatoms. The molecule has 1 aliphatic carbocycles. The Morgan fingerprint density at radius 2 is 2.00 bits per heavy atom. The highest BCUT2D eigenvalue weighted by Gasteiger charge is 2.42. The molecule has 0 spiro atoms. The lowest BCUT2D eigenvalue weighted by molar-refractivity contribution is 0.316. The van der Waals surface area contributed by atoms with Gasteiger partial charge in [-0.25, -0.2) is 0 Å². The molecular formula is C11H11Cl2NO. The molecular weight excluding hydrogens is 233 g/mol. The molecule has 0 heterocycles. The van der Waals surface area contributed by atoms with Crippen LogP contribution in [0.5, 0.6) is 0 Å². The Morgan fingerprint density at radius 1 is 1.40 bits per heavy atom. The highest BCUT2D eigenvalue weighted by Crippen LogP contribution is 2.52. The summed E-state index contributed by atoms with van der Waals surface area (Å²) < 4.78 is 0. The van der Waals surface area contributed by atoms with Crippen molar-refractivity contribution in [1.29, 1.82) is 0 Å². The van der Waals surface area contributed by atoms with Crippen LogP contribution in [0, 0.1) is 5.92 Å². The average Bonchev–Trinajstić information content (AvgIpc) is 2.96. The van der Waals surface area contributed by atoms with Crippen molar-refractivity contribution in [3.63, 3.8) is 0 Å². The Labute approximate surface area is 98.5 Å². The van der Waals surface area contributed by atoms with E-state index in [0.29, 0.717) is 16.0 Å². The van der Waals surface area contributed by atoms with E-state index >= 15 is 0 Å². The van der Waals surface area contributed by atoms with E-state index in [1.165, 1.54) is 0 Å². The van der Waals surface area contributed by atoms with Crippen molar-refractivity contribution in [3.8, 4) is 0 Å². The van der Waals surface area contributed by atoms with E-state index in [-0.39, 0.29) is 5.92 Å². The van der Waals surface area contributed by atoms with Crippen molar-refractivity contribution < 1.29 is 5.21 Å². The highest BCUT2D eigenvalue weighted by molar-refractivity contribution is 6.36. The number of hydrogen-bond acceptors (Lipinski definition) is 2. The van der Waals surface area contributed by atoms with Crippen molar-refractivity contribution in [2.75, 3.05) is 0 Å². The van der Waals surface area contributed by atoms with Crippen LogP contribution in [-0.4, -0.2) is 10.9 Å². The standard InChI is InChI=1S/C11H11Cl2NO/c1-6(14-15)7-5-8(7)11-9(12)3-2-4-10(11)13/h2-4,7-8,15H,5H2,1H3/b14-6+. The number of halogens is 2. The number of nitrogens with zero attached hydrogens (tertiary/aromatic N) is 1. The fraction of sp³-hybridized carbons (Fsp3) is 0.364. The Balaban J connectivity index is 2.27. The predicted octanol–water partition coefficient (Wildman–Crippen LogP) is 3.95. The molecule has 1 saturated carbocycles. The summed E-state index contributed by atoms with van der Waals surface area (Å²) in [6, 6.07) is 5.51. The summed E-state index contributed by atoms with van der Waals surface area (Å²) in [7, 11) is 0. The zero-order valence-corrected chi connectivity index (χ0v) is 9.76. The quantitative estimate of drug-likeness (QED) is 0.477. The van der Waals surface area contributed by atoms with Crippen LogP contribution in [0.4, 0.5) is 0 Å². The second-order valence-corrected chi connectivity index (χ2v) is 4.64. The first kappa shape index (κ1) is 10.8. The van der Waals surface area contributed by atoms with Gasteiger partial charge in [-0.05, 0) is 37.0 Å². The molecule has 80 valence electrons. The van der Waals surface area contributed by atoms with Crippen molar-refractivity contribution in [1.82, 2.24) is 0 Å². The highest BCUT2D eigenvalue weighted by atomic mass is 35.5. The normalized spacial score (nSPS) is 25.4. The van der Waals surface area contributed by atoms with Gasteiger partial charge >= 0.3 is 0 Å². The Morgan fingerprint density at radius 3 is 2.53 bits per heavy atom. The summed E-state index contributed by atoms with van der Waals surface area (Å²) in [5.41, 5.74) is 1.73. The smallest absolute Gasteiger partial charge is 0.0577 e. The summed E-state index contributed by atoms with van der Waals surface area (Å²) in [5.74, 6) is 0.592. The fourth-order valence-electron chi connectivity index (χ4n) is 1.91. The fourth-order valence-corrected chi connectivity index (χ4v) is 2.59. The van der Waals surface area contributed by atoms with Gasteiger partial charge in [0.15, 0.2) is 0 Å². The molecule has 1 aromatic rings. The maximum Gasteiger partial charge on any atom is 0.0577 e. The van der Waals surface area contributed by atoms with Crippen LogP contribution in [0.3, 0.4) is 0 Å². The predicted molar refractivity (Wildman–Crippen MR) is 62.2 cm³/mol. The zero-order chi connectivity index (χ0) is 11.0. The topological polar surface area (TPSA) is 32.6 Å². The van der Waals surface area contributed by atoms with Gasteiger partial charge in [-0.1, -0.05) is 34.4 Å². The van der Waals surface area contributed by atoms with E-state index in [4.69, 9.17) is 28.4 Å². The van der Waals surface area contributed by atoms with Gasteiger partial charge in [0.05, 0.1) is 5.71 Å². The van der Waals surface area contributed by atoms with Gasteiger partial charge in [-0.3, -0.25) is 0 Å². The van der Waals surface area contributed by atoms with Gasteiger partial charge in [-0.2, -0.15) is 0 Å². The molecule has 15 heavy (non-hydrogen) atoms. The van der Waals surface area contributed by atoms with Gasteiger partial charge in [0.25, 0.3) is 0 Å². The number of oxime groups is 1. The lowest BCUT2D eigenvalue weighted by Crippen LogP contribution is -1.97. The molecule has 2 nitrogen and oxygen atoms in total. The van der Waals surface area contributed by atoms with Gasteiger partial charge in [0, 0.05) is 16.0 Å². The SMILES string of the molecule is C/C(=N\O)C1CC1c1c(Cl)cccc1Cl. The molecule has 0 amide bonds. The van der Waals surface area contributed by atoms with Crippen LogP contribution in [0.25, 0.3) is 0 Å². The van der Waals surface area contributed by atoms with E-state index in [0.717, 1.165) is 17.7 Å². The van der Waals surface area contributed by atoms with E-state index in [2.05, 4.69) is 5.16 Å². The van der Waals surface area contributed by atoms with Crippen LogP contribution >= 0.6 is 23.2 Å². The third-order valence-electron chi connectivity index (χ3n) is 2.86. The van der Waals surface area contributed by atoms with Crippen LogP contribution in [0.2, 0.25) is 10.0 Å². The molecule has 1 aromatic carbocycles. The van der Waals surface area contributed by atoms with Crippen LogP contribution in [0.1, 0.15) is 24.8 Å². The molecule has 0 aliphatic heterocycles. The van der Waals surface area contributed by atoms with Gasteiger partial charge in [0.2, 0.25) is 0 Å². The summed E-state index contributed by atoms with van der Waals surface area (Å²) >= 11 is 12.2.